The predicted molar refractivity (Wildman–Crippen MR) is 49.7 cm³/mol. The van der Waals surface area contributed by atoms with E-state index >= 15 is 0 Å². The fourth-order valence-corrected chi connectivity index (χ4v) is 5.65. The summed E-state index contributed by atoms with van der Waals surface area (Å²) in [5, 5.41) is -0.720. The Morgan fingerprint density at radius 2 is 1.85 bits per heavy atom. The number of hydrogen-bond donors (Lipinski definition) is 0. The van der Waals surface area contributed by atoms with Crippen LogP contribution in [0.1, 0.15) is 6.92 Å². The molecule has 78 valence electrons. The fraction of sp³-hybridized carbons (Fsp3) is 1.00. The zero-order chi connectivity index (χ0) is 10.3. The molecule has 0 saturated carbocycles. The highest BCUT2D eigenvalue weighted by atomic mass is 32.2. The lowest BCUT2D eigenvalue weighted by Crippen LogP contribution is -2.51. The second-order valence-corrected chi connectivity index (χ2v) is 7.63. The van der Waals surface area contributed by atoms with Crippen molar-refractivity contribution in [3.05, 3.63) is 0 Å². The van der Waals surface area contributed by atoms with E-state index in [-0.39, 0.29) is 11.5 Å². The van der Waals surface area contributed by atoms with Crippen molar-refractivity contribution in [2.75, 3.05) is 25.1 Å². The summed E-state index contributed by atoms with van der Waals surface area (Å²) in [6, 6.07) is 0. The van der Waals surface area contributed by atoms with Gasteiger partial charge in [0.15, 0.2) is 9.84 Å². The minimum atomic E-state index is -3.37. The number of rotatable bonds is 3. The summed E-state index contributed by atoms with van der Waals surface area (Å²) >= 11 is 0. The van der Waals surface area contributed by atoms with Gasteiger partial charge in [-0.15, -0.1) is 0 Å². The van der Waals surface area contributed by atoms with Gasteiger partial charge in [0.2, 0.25) is 10.0 Å². The first-order chi connectivity index (χ1) is 5.79. The van der Waals surface area contributed by atoms with Crippen molar-refractivity contribution in [1.82, 2.24) is 4.31 Å². The average molecular weight is 227 g/mol. The summed E-state index contributed by atoms with van der Waals surface area (Å²) in [6.07, 6.45) is 0. The second-order valence-electron chi connectivity index (χ2n) is 3.16. The third-order valence-electron chi connectivity index (χ3n) is 2.18. The third kappa shape index (κ3) is 2.03. The molecule has 0 N–H and O–H groups in total. The minimum Gasteiger partial charge on any atom is -0.229 e. The fourth-order valence-electron chi connectivity index (χ4n) is 1.12. The molecule has 7 heteroatoms. The second kappa shape index (κ2) is 3.21. The Kier molecular flexibility index (Phi) is 2.70. The maximum Gasteiger partial charge on any atom is 0.218 e. The first-order valence-corrected chi connectivity index (χ1v) is 7.27. The third-order valence-corrected chi connectivity index (χ3v) is 6.73. The van der Waals surface area contributed by atoms with Gasteiger partial charge in [-0.3, -0.25) is 0 Å². The normalized spacial score (nSPS) is 23.0. The van der Waals surface area contributed by atoms with Gasteiger partial charge in [-0.2, -0.15) is 0 Å². The zero-order valence-corrected chi connectivity index (χ0v) is 9.23. The van der Waals surface area contributed by atoms with Gasteiger partial charge in [0, 0.05) is 13.6 Å². The van der Waals surface area contributed by atoms with Crippen LogP contribution in [0.5, 0.6) is 0 Å². The molecule has 1 fully saturated rings. The predicted octanol–water partition coefficient (Wildman–Crippen LogP) is -0.935. The van der Waals surface area contributed by atoms with Crippen molar-refractivity contribution in [3.8, 4) is 0 Å². The molecule has 13 heavy (non-hydrogen) atoms. The van der Waals surface area contributed by atoms with Crippen molar-refractivity contribution in [1.29, 1.82) is 0 Å². The van der Waals surface area contributed by atoms with E-state index in [1.807, 2.05) is 0 Å². The van der Waals surface area contributed by atoms with Crippen LogP contribution >= 0.6 is 0 Å². The van der Waals surface area contributed by atoms with E-state index in [4.69, 9.17) is 0 Å². The van der Waals surface area contributed by atoms with Crippen LogP contribution in [-0.4, -0.2) is 51.5 Å². The molecule has 0 amide bonds. The lowest BCUT2D eigenvalue weighted by Gasteiger charge is -2.29. The maximum absolute atomic E-state index is 11.5. The monoisotopic (exact) mass is 227 g/mol. The van der Waals surface area contributed by atoms with Crippen LogP contribution in [0.25, 0.3) is 0 Å². The van der Waals surface area contributed by atoms with E-state index in [0.29, 0.717) is 6.54 Å². The van der Waals surface area contributed by atoms with Gasteiger partial charge in [-0.25, -0.2) is 21.1 Å². The largest absolute Gasteiger partial charge is 0.229 e. The minimum absolute atomic E-state index is 0.223. The van der Waals surface area contributed by atoms with Gasteiger partial charge >= 0.3 is 0 Å². The van der Waals surface area contributed by atoms with E-state index in [2.05, 4.69) is 0 Å². The van der Waals surface area contributed by atoms with Gasteiger partial charge in [0.05, 0.1) is 11.5 Å². The van der Waals surface area contributed by atoms with E-state index < -0.39 is 25.1 Å². The lowest BCUT2D eigenvalue weighted by atomic mass is 10.5. The summed E-state index contributed by atoms with van der Waals surface area (Å²) in [7, 11) is -4.97. The molecule has 1 saturated heterocycles. The van der Waals surface area contributed by atoms with Crippen molar-refractivity contribution < 1.29 is 16.8 Å². The zero-order valence-electron chi connectivity index (χ0n) is 7.60. The molecule has 0 aliphatic carbocycles. The molecule has 0 aromatic heterocycles. The van der Waals surface area contributed by atoms with E-state index in [1.165, 1.54) is 11.4 Å². The molecule has 0 atom stereocenters. The highest BCUT2D eigenvalue weighted by molar-refractivity contribution is 7.98. The Bertz CT molecular complexity index is 371. The van der Waals surface area contributed by atoms with Crippen LogP contribution in [0, 0.1) is 0 Å². The van der Waals surface area contributed by atoms with Gasteiger partial charge in [0.25, 0.3) is 0 Å². The van der Waals surface area contributed by atoms with Crippen LogP contribution < -0.4 is 0 Å². The maximum atomic E-state index is 11.5. The Morgan fingerprint density at radius 3 is 2.15 bits per heavy atom. The smallest absolute Gasteiger partial charge is 0.218 e. The molecule has 0 bridgehead atoms. The molecule has 0 aromatic carbocycles. The lowest BCUT2D eigenvalue weighted by molar-refractivity contribution is 0.473. The summed E-state index contributed by atoms with van der Waals surface area (Å²) in [5.74, 6) is -0.445. The number of hydrogen-bond acceptors (Lipinski definition) is 4. The van der Waals surface area contributed by atoms with Crippen LogP contribution in [0.3, 0.4) is 0 Å². The summed E-state index contributed by atoms with van der Waals surface area (Å²) < 4.78 is 45.7. The molecule has 1 rings (SSSR count). The van der Waals surface area contributed by atoms with E-state index in [1.54, 1.807) is 6.92 Å². The van der Waals surface area contributed by atoms with Crippen molar-refractivity contribution in [2.24, 2.45) is 0 Å². The van der Waals surface area contributed by atoms with E-state index in [9.17, 15) is 16.8 Å². The number of sulfonamides is 1. The topological polar surface area (TPSA) is 71.5 Å². The molecule has 0 unspecified atom stereocenters. The molecular weight excluding hydrogens is 214 g/mol. The molecule has 1 aliphatic rings. The quantitative estimate of drug-likeness (QED) is 0.624. The Morgan fingerprint density at radius 1 is 1.38 bits per heavy atom. The highest BCUT2D eigenvalue weighted by Gasteiger charge is 2.44. The highest BCUT2D eigenvalue weighted by Crippen LogP contribution is 2.20. The van der Waals surface area contributed by atoms with Crippen LogP contribution in [0.2, 0.25) is 0 Å². The molecular formula is C6H13NO4S2. The molecule has 0 radical (unpaired) electrons. The Hall–Kier alpha value is -0.140. The summed E-state index contributed by atoms with van der Waals surface area (Å²) in [6.45, 7) is 2.09. The van der Waals surface area contributed by atoms with Gasteiger partial charge < -0.3 is 0 Å². The Balaban J connectivity index is 2.76. The van der Waals surface area contributed by atoms with Crippen molar-refractivity contribution in [2.45, 2.75) is 12.2 Å². The SMILES string of the molecule is CCN(C)S(=O)(=O)C1CS(=O)(=O)C1. The van der Waals surface area contributed by atoms with Crippen molar-refractivity contribution >= 4 is 19.9 Å². The van der Waals surface area contributed by atoms with Gasteiger partial charge in [0.1, 0.15) is 5.25 Å². The summed E-state index contributed by atoms with van der Waals surface area (Å²) in [4.78, 5) is 0. The van der Waals surface area contributed by atoms with Crippen molar-refractivity contribution in [3.63, 3.8) is 0 Å². The van der Waals surface area contributed by atoms with Crippen LogP contribution in [0.15, 0.2) is 0 Å². The molecule has 0 aromatic rings. The molecule has 5 nitrogen and oxygen atoms in total. The average Bonchev–Trinajstić information content (AvgIpc) is 1.98. The van der Waals surface area contributed by atoms with Crippen LogP contribution in [0.4, 0.5) is 0 Å². The Labute approximate surface area is 78.7 Å². The van der Waals surface area contributed by atoms with Gasteiger partial charge in [-0.05, 0) is 0 Å². The standard InChI is InChI=1S/C6H13NO4S2/c1-3-7(2)13(10,11)6-4-12(8,9)5-6/h6H,3-5H2,1-2H3. The molecule has 1 aliphatic heterocycles. The summed E-state index contributed by atoms with van der Waals surface area (Å²) in [5.41, 5.74) is 0. The first kappa shape index (κ1) is 10.9. The number of sulfone groups is 1. The molecule has 0 spiro atoms. The first-order valence-electron chi connectivity index (χ1n) is 3.95. The van der Waals surface area contributed by atoms with Gasteiger partial charge in [-0.1, -0.05) is 6.92 Å². The molecule has 1 heterocycles. The number of nitrogens with zero attached hydrogens (tertiary/aromatic N) is 1. The van der Waals surface area contributed by atoms with E-state index in [0.717, 1.165) is 0 Å². The van der Waals surface area contributed by atoms with Crippen LogP contribution in [-0.2, 0) is 19.9 Å².